The summed E-state index contributed by atoms with van der Waals surface area (Å²) in [6.45, 7) is 7.71. The van der Waals surface area contributed by atoms with E-state index in [9.17, 15) is 22.8 Å². The van der Waals surface area contributed by atoms with Crippen molar-refractivity contribution >= 4 is 11.5 Å². The Morgan fingerprint density at radius 1 is 1.11 bits per heavy atom. The van der Waals surface area contributed by atoms with Crippen molar-refractivity contribution in [1.82, 2.24) is 19.0 Å². The van der Waals surface area contributed by atoms with E-state index < -0.39 is 23.4 Å². The molecule has 188 valence electrons. The van der Waals surface area contributed by atoms with Gasteiger partial charge in [-0.1, -0.05) is 0 Å². The summed E-state index contributed by atoms with van der Waals surface area (Å²) in [6.07, 6.45) is 0.529. The maximum atomic E-state index is 13.5. The van der Waals surface area contributed by atoms with Gasteiger partial charge in [-0.2, -0.15) is 13.2 Å². The van der Waals surface area contributed by atoms with Crippen molar-refractivity contribution in [2.45, 2.75) is 52.1 Å². The number of carbonyl (C=O) groups excluding carboxylic acids is 1. The number of pyridine rings is 1. The number of rotatable bonds is 3. The van der Waals surface area contributed by atoms with E-state index in [-0.39, 0.29) is 30.2 Å². The molecule has 0 spiro atoms. The summed E-state index contributed by atoms with van der Waals surface area (Å²) < 4.78 is 49.3. The fraction of sp³-hybridized carbons (Fsp3) is 0.346. The van der Waals surface area contributed by atoms with Crippen molar-refractivity contribution in [2.24, 2.45) is 0 Å². The van der Waals surface area contributed by atoms with Gasteiger partial charge in [0, 0.05) is 24.8 Å². The van der Waals surface area contributed by atoms with Gasteiger partial charge in [0.05, 0.1) is 23.6 Å². The van der Waals surface area contributed by atoms with Crippen molar-refractivity contribution in [3.8, 4) is 11.4 Å². The molecule has 3 aromatic rings. The number of halogens is 3. The lowest BCUT2D eigenvalue weighted by Gasteiger charge is -2.39. The lowest BCUT2D eigenvalue weighted by atomic mass is 9.88. The third-order valence-corrected chi connectivity index (χ3v) is 6.60. The number of imidazole rings is 1. The zero-order valence-corrected chi connectivity index (χ0v) is 20.3. The second-order valence-corrected chi connectivity index (χ2v) is 9.67. The van der Waals surface area contributed by atoms with Crippen LogP contribution in [0.2, 0.25) is 0 Å². The minimum atomic E-state index is -4.51. The molecule has 2 aromatic heterocycles. The smallest absolute Gasteiger partial charge is 0.416 e. The summed E-state index contributed by atoms with van der Waals surface area (Å²) in [7, 11) is 0. The molecule has 10 heteroatoms. The van der Waals surface area contributed by atoms with Crippen LogP contribution < -0.4 is 10.3 Å². The van der Waals surface area contributed by atoms with Crippen molar-refractivity contribution < 1.29 is 22.7 Å². The van der Waals surface area contributed by atoms with Gasteiger partial charge in [-0.05, 0) is 69.7 Å². The average molecular weight is 499 g/mol. The number of alkyl halides is 3. The van der Waals surface area contributed by atoms with Gasteiger partial charge in [0.15, 0.2) is 0 Å². The Hall–Kier alpha value is -3.82. The van der Waals surface area contributed by atoms with E-state index in [4.69, 9.17) is 4.74 Å². The number of aryl methyl sites for hydroxylation is 1. The molecule has 0 radical (unpaired) electrons. The molecule has 0 N–H and O–H groups in total. The van der Waals surface area contributed by atoms with Gasteiger partial charge in [0.25, 0.3) is 11.5 Å². The highest BCUT2D eigenvalue weighted by Gasteiger charge is 2.38. The first-order chi connectivity index (χ1) is 16.9. The zero-order valence-electron chi connectivity index (χ0n) is 20.3. The molecule has 2 aliphatic rings. The van der Waals surface area contributed by atoms with Gasteiger partial charge in [0.2, 0.25) is 0 Å². The molecule has 0 unspecified atom stereocenters. The molecule has 0 fully saturated rings. The Bertz CT molecular complexity index is 1470. The lowest BCUT2D eigenvalue weighted by Crippen LogP contribution is -2.49. The Kier molecular flexibility index (Phi) is 5.38. The Balaban J connectivity index is 1.52. The first-order valence-electron chi connectivity index (χ1n) is 11.5. The number of benzene rings is 1. The summed E-state index contributed by atoms with van der Waals surface area (Å²) in [4.78, 5) is 32.4. The summed E-state index contributed by atoms with van der Waals surface area (Å²) >= 11 is 0. The maximum Gasteiger partial charge on any atom is 0.416 e. The Labute approximate surface area is 205 Å². The van der Waals surface area contributed by atoms with Crippen molar-refractivity contribution in [1.29, 1.82) is 0 Å². The number of hydrogen-bond acceptors (Lipinski definition) is 4. The van der Waals surface area contributed by atoms with Crippen LogP contribution in [0.5, 0.6) is 5.75 Å². The van der Waals surface area contributed by atoms with Crippen LogP contribution in [0.4, 0.5) is 13.2 Å². The van der Waals surface area contributed by atoms with Crippen LogP contribution in [0.1, 0.15) is 48.1 Å². The molecule has 0 aliphatic carbocycles. The Morgan fingerprint density at radius 3 is 2.53 bits per heavy atom. The zero-order chi connectivity index (χ0) is 26.0. The molecule has 0 saturated heterocycles. The highest BCUT2D eigenvalue weighted by molar-refractivity contribution is 5.95. The van der Waals surface area contributed by atoms with Gasteiger partial charge in [-0.3, -0.25) is 9.59 Å². The second kappa shape index (κ2) is 8.11. The Morgan fingerprint density at radius 2 is 1.86 bits per heavy atom. The van der Waals surface area contributed by atoms with Gasteiger partial charge in [0.1, 0.15) is 22.7 Å². The molecule has 5 rings (SSSR count). The first-order valence-corrected chi connectivity index (χ1v) is 11.5. The minimum Gasteiger partial charge on any atom is -0.483 e. The van der Waals surface area contributed by atoms with Crippen molar-refractivity contribution in [2.75, 3.05) is 6.54 Å². The van der Waals surface area contributed by atoms with Crippen LogP contribution in [0, 0.1) is 6.92 Å². The number of ether oxygens (including phenoxy) is 1. The highest BCUT2D eigenvalue weighted by Crippen LogP contribution is 2.42. The van der Waals surface area contributed by atoms with E-state index in [1.807, 2.05) is 20.8 Å². The SMILES string of the molecule is Cc1cn(-c2ccc3n(c2=O)CCN([C@H](C)C2=CC(C)(C)Oc4ccc(C(F)(F)F)cc42)C3=O)cn1. The van der Waals surface area contributed by atoms with E-state index in [1.54, 1.807) is 47.1 Å². The van der Waals surface area contributed by atoms with E-state index >= 15 is 0 Å². The van der Waals surface area contributed by atoms with Gasteiger partial charge in [-0.15, -0.1) is 0 Å². The first kappa shape index (κ1) is 23.9. The number of aromatic nitrogens is 3. The van der Waals surface area contributed by atoms with E-state index in [0.29, 0.717) is 22.6 Å². The molecule has 36 heavy (non-hydrogen) atoms. The van der Waals surface area contributed by atoms with Crippen LogP contribution in [-0.4, -0.2) is 43.1 Å². The molecule has 7 nitrogen and oxygen atoms in total. The van der Waals surface area contributed by atoms with Crippen LogP contribution >= 0.6 is 0 Å². The minimum absolute atomic E-state index is 0.228. The molecular weight excluding hydrogens is 473 g/mol. The normalized spacial score (nSPS) is 17.7. The number of fused-ring (bicyclic) bond motifs is 2. The molecular formula is C26H25F3N4O3. The van der Waals surface area contributed by atoms with Crippen LogP contribution in [-0.2, 0) is 12.7 Å². The van der Waals surface area contributed by atoms with Crippen molar-refractivity contribution in [3.05, 3.63) is 81.8 Å². The second-order valence-electron chi connectivity index (χ2n) is 9.67. The van der Waals surface area contributed by atoms with Crippen LogP contribution in [0.15, 0.2) is 53.7 Å². The number of nitrogens with zero attached hydrogens (tertiary/aromatic N) is 4. The van der Waals surface area contributed by atoms with E-state index in [1.165, 1.54) is 10.6 Å². The standard InChI is InChI=1S/C26H25F3N4O3/c1-15-13-31(14-30-15)20-6-7-21-24(35)32(9-10-33(21)23(20)34)16(2)19-12-25(3,4)36-22-8-5-17(11-18(19)22)26(27,28)29/h5-8,11-14,16H,9-10H2,1-4H3/t16-/m1/s1. The van der Waals surface area contributed by atoms with Crippen LogP contribution in [0.25, 0.3) is 11.3 Å². The summed E-state index contributed by atoms with van der Waals surface area (Å²) in [6, 6.07) is 6.03. The van der Waals surface area contributed by atoms with Gasteiger partial charge in [-0.25, -0.2) is 4.98 Å². The maximum absolute atomic E-state index is 13.5. The number of carbonyl (C=O) groups is 1. The highest BCUT2D eigenvalue weighted by atomic mass is 19.4. The molecule has 2 aliphatic heterocycles. The largest absolute Gasteiger partial charge is 0.483 e. The van der Waals surface area contributed by atoms with Crippen molar-refractivity contribution in [3.63, 3.8) is 0 Å². The summed E-state index contributed by atoms with van der Waals surface area (Å²) in [5.74, 6) is -0.0309. The number of hydrogen-bond donors (Lipinski definition) is 0. The molecule has 1 atom stereocenters. The molecule has 1 amide bonds. The van der Waals surface area contributed by atoms with E-state index in [0.717, 1.165) is 17.8 Å². The average Bonchev–Trinajstić information content (AvgIpc) is 3.23. The number of amides is 1. The van der Waals surface area contributed by atoms with Gasteiger partial charge < -0.3 is 18.8 Å². The third kappa shape index (κ3) is 4.00. The fourth-order valence-corrected chi connectivity index (χ4v) is 4.85. The summed E-state index contributed by atoms with van der Waals surface area (Å²) in [5.41, 5.74) is 0.381. The van der Waals surface area contributed by atoms with E-state index in [2.05, 4.69) is 4.98 Å². The summed E-state index contributed by atoms with van der Waals surface area (Å²) in [5, 5.41) is 0. The van der Waals surface area contributed by atoms with Gasteiger partial charge >= 0.3 is 6.18 Å². The lowest BCUT2D eigenvalue weighted by molar-refractivity contribution is -0.137. The van der Waals surface area contributed by atoms with Crippen LogP contribution in [0.3, 0.4) is 0 Å². The molecule has 0 bridgehead atoms. The predicted octanol–water partition coefficient (Wildman–Crippen LogP) is 4.46. The quantitative estimate of drug-likeness (QED) is 0.535. The molecule has 0 saturated carbocycles. The monoisotopic (exact) mass is 498 g/mol. The molecule has 1 aromatic carbocycles. The topological polar surface area (TPSA) is 69.4 Å². The predicted molar refractivity (Wildman–Crippen MR) is 127 cm³/mol. The molecule has 4 heterocycles. The fourth-order valence-electron chi connectivity index (χ4n) is 4.85. The third-order valence-electron chi connectivity index (χ3n) is 6.60.